The number of aryl methyl sites for hydroxylation is 1. The topological polar surface area (TPSA) is 35.9 Å². The quantitative estimate of drug-likeness (QED) is 0.408. The van der Waals surface area contributed by atoms with E-state index in [-0.39, 0.29) is 16.3 Å². The lowest BCUT2D eigenvalue weighted by molar-refractivity contribution is 0.618. The molecule has 26 heavy (non-hydrogen) atoms. The van der Waals surface area contributed by atoms with Gasteiger partial charge in [-0.3, -0.25) is 0 Å². The van der Waals surface area contributed by atoms with Crippen LogP contribution in [0.25, 0.3) is 11.1 Å². The van der Waals surface area contributed by atoms with Crippen molar-refractivity contribution in [3.8, 4) is 11.1 Å². The van der Waals surface area contributed by atoms with Crippen LogP contribution in [0.4, 0.5) is 15.8 Å². The maximum absolute atomic E-state index is 13.7. The summed E-state index contributed by atoms with van der Waals surface area (Å²) in [4.78, 5) is 1.24. The largest absolute Gasteiger partial charge is 0.355 e. The Balaban J connectivity index is 1.91. The fourth-order valence-corrected chi connectivity index (χ4v) is 3.69. The summed E-state index contributed by atoms with van der Waals surface area (Å²) in [6, 6.07) is 19.5. The van der Waals surface area contributed by atoms with Gasteiger partial charge in [0, 0.05) is 28.0 Å². The Kier molecular flexibility index (Phi) is 5.33. The van der Waals surface area contributed by atoms with E-state index in [1.165, 1.54) is 16.5 Å². The van der Waals surface area contributed by atoms with Gasteiger partial charge in [-0.1, -0.05) is 36.2 Å². The second-order valence-corrected chi connectivity index (χ2v) is 7.88. The van der Waals surface area contributed by atoms with E-state index >= 15 is 0 Å². The molecule has 0 fully saturated rings. The van der Waals surface area contributed by atoms with Crippen molar-refractivity contribution in [1.82, 2.24) is 0 Å². The monoisotopic (exact) mass is 364 g/mol. The molecule has 0 heterocycles. The summed E-state index contributed by atoms with van der Waals surface area (Å²) in [5.74, 6) is 3.86. The zero-order valence-electron chi connectivity index (χ0n) is 14.8. The van der Waals surface area contributed by atoms with Crippen LogP contribution in [0.15, 0.2) is 65.6 Å². The van der Waals surface area contributed by atoms with Crippen molar-refractivity contribution in [2.75, 3.05) is 11.6 Å². The predicted molar refractivity (Wildman–Crippen MR) is 113 cm³/mol. The maximum atomic E-state index is 13.7. The first kappa shape index (κ1) is 18.1. The number of hydrogen-bond acceptors (Lipinski definition) is 2. The van der Waals surface area contributed by atoms with Crippen molar-refractivity contribution in [3.63, 3.8) is 0 Å². The molecule has 0 amide bonds. The third-order valence-corrected chi connectivity index (χ3v) is 5.33. The van der Waals surface area contributed by atoms with Gasteiger partial charge in [-0.25, -0.2) is 4.39 Å². The summed E-state index contributed by atoms with van der Waals surface area (Å²) in [6.07, 6.45) is 3.27. The molecule has 0 spiro atoms. The Labute approximate surface area is 156 Å². The lowest BCUT2D eigenvalue weighted by Gasteiger charge is -2.13. The number of nitrogens with one attached hydrogen (secondary N) is 2. The predicted octanol–water partition coefficient (Wildman–Crippen LogP) is 6.23. The lowest BCUT2D eigenvalue weighted by Crippen LogP contribution is -1.98. The lowest BCUT2D eigenvalue weighted by atomic mass is 10.0. The average molecular weight is 364 g/mol. The van der Waals surface area contributed by atoms with Gasteiger partial charge in [-0.05, 0) is 60.2 Å². The smallest absolute Gasteiger partial charge is 0.126 e. The minimum atomic E-state index is -0.302. The molecule has 0 aliphatic heterocycles. The van der Waals surface area contributed by atoms with Gasteiger partial charge < -0.3 is 10.7 Å². The Morgan fingerprint density at radius 2 is 1.77 bits per heavy atom. The van der Waals surface area contributed by atoms with E-state index < -0.39 is 0 Å². The summed E-state index contributed by atoms with van der Waals surface area (Å²) in [7, 11) is -0.0632. The van der Waals surface area contributed by atoms with E-state index in [1.807, 2.05) is 24.3 Å². The SMILES string of the molecule is C=S(C)c1ccccc1-c1ccc(Nc2cc(C)c(F)cc2C=N)cc1. The number of hydrogen-bond donors (Lipinski definition) is 2. The van der Waals surface area contributed by atoms with Crippen LogP contribution in [-0.2, 0) is 0 Å². The molecule has 1 atom stereocenters. The van der Waals surface area contributed by atoms with Gasteiger partial charge in [0.05, 0.1) is 0 Å². The van der Waals surface area contributed by atoms with Crippen molar-refractivity contribution in [2.45, 2.75) is 11.8 Å². The molecule has 3 aromatic rings. The van der Waals surface area contributed by atoms with Crippen LogP contribution in [0.2, 0.25) is 0 Å². The molecule has 3 aromatic carbocycles. The Bertz CT molecular complexity index is 978. The standard InChI is InChI=1S/C22H21FN2S/c1-15-12-21(17(14-24)13-20(15)23)25-18-10-8-16(9-11-18)19-6-4-5-7-22(19)26(2)3/h4-14,24-25H,2H2,1,3H3. The van der Waals surface area contributed by atoms with Crippen molar-refractivity contribution < 1.29 is 4.39 Å². The Morgan fingerprint density at radius 3 is 2.42 bits per heavy atom. The van der Waals surface area contributed by atoms with Gasteiger partial charge in [-0.15, -0.1) is 0 Å². The summed E-state index contributed by atoms with van der Waals surface area (Å²) >= 11 is 0. The summed E-state index contributed by atoms with van der Waals surface area (Å²) in [5.41, 5.74) is 5.02. The summed E-state index contributed by atoms with van der Waals surface area (Å²) in [5, 5.41) is 10.8. The molecule has 0 aliphatic rings. The zero-order chi connectivity index (χ0) is 18.7. The van der Waals surface area contributed by atoms with E-state index in [0.717, 1.165) is 23.2 Å². The first-order chi connectivity index (χ1) is 12.5. The van der Waals surface area contributed by atoms with Gasteiger partial charge >= 0.3 is 0 Å². The van der Waals surface area contributed by atoms with Crippen molar-refractivity contribution >= 4 is 33.9 Å². The normalized spacial score (nSPS) is 11.8. The van der Waals surface area contributed by atoms with Gasteiger partial charge in [0.1, 0.15) is 5.82 Å². The fraction of sp³-hybridized carbons (Fsp3) is 0.0909. The van der Waals surface area contributed by atoms with Crippen LogP contribution in [0.3, 0.4) is 0 Å². The highest BCUT2D eigenvalue weighted by molar-refractivity contribution is 8.13. The number of benzene rings is 3. The second-order valence-electron chi connectivity index (χ2n) is 6.17. The van der Waals surface area contributed by atoms with Crippen molar-refractivity contribution in [2.24, 2.45) is 0 Å². The van der Waals surface area contributed by atoms with Gasteiger partial charge in [-0.2, -0.15) is 10.5 Å². The summed E-state index contributed by atoms with van der Waals surface area (Å²) in [6.45, 7) is 1.72. The van der Waals surface area contributed by atoms with Crippen LogP contribution in [0.5, 0.6) is 0 Å². The molecule has 1 unspecified atom stereocenters. The molecule has 0 aromatic heterocycles. The van der Waals surface area contributed by atoms with Gasteiger partial charge in [0.25, 0.3) is 0 Å². The maximum Gasteiger partial charge on any atom is 0.126 e. The molecular formula is C22H21FN2S. The Hall–Kier alpha value is -2.72. The first-order valence-electron chi connectivity index (χ1n) is 8.22. The minimum absolute atomic E-state index is 0.0632. The minimum Gasteiger partial charge on any atom is -0.355 e. The molecule has 0 saturated carbocycles. The van der Waals surface area contributed by atoms with E-state index in [0.29, 0.717) is 11.1 Å². The highest BCUT2D eigenvalue weighted by atomic mass is 32.2. The van der Waals surface area contributed by atoms with Crippen LogP contribution in [0, 0.1) is 18.2 Å². The van der Waals surface area contributed by atoms with Crippen LogP contribution >= 0.6 is 10.5 Å². The molecule has 132 valence electrons. The van der Waals surface area contributed by atoms with E-state index in [9.17, 15) is 4.39 Å². The number of anilines is 2. The molecule has 3 rings (SSSR count). The fourth-order valence-electron chi connectivity index (χ4n) is 2.82. The highest BCUT2D eigenvalue weighted by Crippen LogP contribution is 2.34. The third-order valence-electron chi connectivity index (χ3n) is 4.22. The molecule has 4 heteroatoms. The summed E-state index contributed by atoms with van der Waals surface area (Å²) < 4.78 is 13.7. The molecular weight excluding hydrogens is 343 g/mol. The molecule has 0 radical (unpaired) electrons. The number of rotatable bonds is 5. The molecule has 0 aliphatic carbocycles. The van der Waals surface area contributed by atoms with Crippen LogP contribution in [0.1, 0.15) is 11.1 Å². The van der Waals surface area contributed by atoms with E-state index in [1.54, 1.807) is 13.0 Å². The van der Waals surface area contributed by atoms with Crippen molar-refractivity contribution in [3.05, 3.63) is 77.6 Å². The third kappa shape index (κ3) is 3.75. The van der Waals surface area contributed by atoms with Gasteiger partial charge in [0.2, 0.25) is 0 Å². The Morgan fingerprint density at radius 1 is 1.08 bits per heavy atom. The number of halogens is 1. The van der Waals surface area contributed by atoms with Gasteiger partial charge in [0.15, 0.2) is 0 Å². The average Bonchev–Trinajstić information content (AvgIpc) is 2.65. The van der Waals surface area contributed by atoms with E-state index in [4.69, 9.17) is 5.41 Å². The van der Waals surface area contributed by atoms with Crippen LogP contribution in [-0.4, -0.2) is 18.3 Å². The molecule has 2 nitrogen and oxygen atoms in total. The van der Waals surface area contributed by atoms with E-state index in [2.05, 4.69) is 41.7 Å². The van der Waals surface area contributed by atoms with Crippen molar-refractivity contribution in [1.29, 1.82) is 5.41 Å². The molecule has 0 bridgehead atoms. The zero-order valence-corrected chi connectivity index (χ0v) is 15.7. The van der Waals surface area contributed by atoms with Crippen LogP contribution < -0.4 is 5.32 Å². The highest BCUT2D eigenvalue weighted by Gasteiger charge is 2.08. The first-order valence-corrected chi connectivity index (χ1v) is 10.0. The second kappa shape index (κ2) is 7.67. The molecule has 0 saturated heterocycles. The molecule has 2 N–H and O–H groups in total.